The topological polar surface area (TPSA) is 175 Å². The van der Waals surface area contributed by atoms with Crippen molar-refractivity contribution in [3.8, 4) is 0 Å². The number of aliphatic carboxylic acids is 2. The van der Waals surface area contributed by atoms with Gasteiger partial charge in [-0.15, -0.1) is 0 Å². The highest BCUT2D eigenvalue weighted by Crippen LogP contribution is 2.11. The molecule has 1 unspecified atom stereocenters. The van der Waals surface area contributed by atoms with Crippen molar-refractivity contribution in [2.45, 2.75) is 38.6 Å². The fourth-order valence-electron chi connectivity index (χ4n) is 1.26. The van der Waals surface area contributed by atoms with Crippen molar-refractivity contribution >= 4 is 22.1 Å². The van der Waals surface area contributed by atoms with E-state index in [-0.39, 0.29) is 12.5 Å². The first-order valence-electron chi connectivity index (χ1n) is 6.32. The fourth-order valence-corrected chi connectivity index (χ4v) is 1.49. The maximum absolute atomic E-state index is 10.5. The van der Waals surface area contributed by atoms with Gasteiger partial charge < -0.3 is 21.1 Å². The summed E-state index contributed by atoms with van der Waals surface area (Å²) in [6.45, 7) is 1.41. The predicted molar refractivity (Wildman–Crippen MR) is 74.4 cm³/mol. The summed E-state index contributed by atoms with van der Waals surface area (Å²) >= 11 is 0. The summed E-state index contributed by atoms with van der Waals surface area (Å²) in [6, 6.07) is 0.0400. The molecule has 0 aromatic rings. The monoisotopic (exact) mass is 329 g/mol. The zero-order chi connectivity index (χ0) is 17.1. The molecule has 0 aliphatic heterocycles. The first kappa shape index (κ1) is 22.1. The summed E-state index contributed by atoms with van der Waals surface area (Å²) in [5.41, 5.74) is 5.62. The molecule has 0 fully saturated rings. The standard InChI is InChI=1S/C9H17NO4.C2H6O4S/c1-2-6(10)4-3-5-7(8(11)12)9(13)14;3-1-2-7(4,5)6/h6-7H,2-5,10H2,1H3,(H,11,12)(H,13,14);3H,1-2H2,(H,4,5,6). The molecule has 6 N–H and O–H groups in total. The number of aliphatic hydroxyl groups excluding tert-OH is 1. The van der Waals surface area contributed by atoms with E-state index >= 15 is 0 Å². The molecule has 0 aliphatic carbocycles. The van der Waals surface area contributed by atoms with Crippen LogP contribution in [-0.4, -0.2) is 58.6 Å². The van der Waals surface area contributed by atoms with Crippen LogP contribution in [0, 0.1) is 5.92 Å². The molecule has 21 heavy (non-hydrogen) atoms. The third-order valence-electron chi connectivity index (χ3n) is 2.54. The lowest BCUT2D eigenvalue weighted by Crippen LogP contribution is -2.24. The third-order valence-corrected chi connectivity index (χ3v) is 3.24. The van der Waals surface area contributed by atoms with E-state index in [1.165, 1.54) is 0 Å². The van der Waals surface area contributed by atoms with Crippen LogP contribution >= 0.6 is 0 Å². The molecule has 0 aromatic heterocycles. The Labute approximate surface area is 123 Å². The van der Waals surface area contributed by atoms with Crippen molar-refractivity contribution in [3.63, 3.8) is 0 Å². The van der Waals surface area contributed by atoms with Gasteiger partial charge in [0.05, 0.1) is 12.4 Å². The lowest BCUT2D eigenvalue weighted by molar-refractivity contribution is -0.154. The zero-order valence-electron chi connectivity index (χ0n) is 11.8. The average molecular weight is 329 g/mol. The van der Waals surface area contributed by atoms with Crippen LogP contribution in [0.3, 0.4) is 0 Å². The van der Waals surface area contributed by atoms with E-state index in [4.69, 9.17) is 25.6 Å². The summed E-state index contributed by atoms with van der Waals surface area (Å²) in [5, 5.41) is 25.0. The predicted octanol–water partition coefficient (Wildman–Crippen LogP) is -0.454. The normalized spacial score (nSPS) is 12.4. The molecule has 0 saturated heterocycles. The Hall–Kier alpha value is -1.23. The summed E-state index contributed by atoms with van der Waals surface area (Å²) in [7, 11) is -3.92. The Balaban J connectivity index is 0. The van der Waals surface area contributed by atoms with E-state index in [0.29, 0.717) is 12.8 Å². The largest absolute Gasteiger partial charge is 0.481 e. The molecular weight excluding hydrogens is 306 g/mol. The van der Waals surface area contributed by atoms with Gasteiger partial charge in [-0.1, -0.05) is 13.3 Å². The second kappa shape index (κ2) is 11.4. The second-order valence-corrected chi connectivity index (χ2v) is 5.91. The molecule has 0 aliphatic rings. The summed E-state index contributed by atoms with van der Waals surface area (Å²) in [5.74, 6) is -4.42. The fraction of sp³-hybridized carbons (Fsp3) is 0.818. The van der Waals surface area contributed by atoms with E-state index in [1.54, 1.807) is 0 Å². The molecule has 0 heterocycles. The van der Waals surface area contributed by atoms with Crippen LogP contribution in [0.4, 0.5) is 0 Å². The minimum atomic E-state index is -3.92. The van der Waals surface area contributed by atoms with Gasteiger partial charge in [-0.2, -0.15) is 8.42 Å². The molecule has 1 atom stereocenters. The van der Waals surface area contributed by atoms with Gasteiger partial charge in [0.25, 0.3) is 10.1 Å². The lowest BCUT2D eigenvalue weighted by atomic mass is 9.99. The number of nitrogens with two attached hydrogens (primary N) is 1. The van der Waals surface area contributed by atoms with E-state index in [1.807, 2.05) is 6.92 Å². The highest BCUT2D eigenvalue weighted by molar-refractivity contribution is 7.85. The van der Waals surface area contributed by atoms with Gasteiger partial charge in [0.15, 0.2) is 5.92 Å². The van der Waals surface area contributed by atoms with Gasteiger partial charge in [-0.05, 0) is 19.3 Å². The number of carboxylic acids is 2. The zero-order valence-corrected chi connectivity index (χ0v) is 12.6. The second-order valence-electron chi connectivity index (χ2n) is 4.34. The Kier molecular flexibility index (Phi) is 12.0. The molecular formula is C11H23NO8S. The van der Waals surface area contributed by atoms with E-state index in [0.717, 1.165) is 6.42 Å². The number of hydrogen-bond acceptors (Lipinski definition) is 6. The molecule has 0 spiro atoms. The first-order valence-corrected chi connectivity index (χ1v) is 7.93. The minimum Gasteiger partial charge on any atom is -0.481 e. The highest BCUT2D eigenvalue weighted by Gasteiger charge is 2.24. The van der Waals surface area contributed by atoms with Crippen LogP contribution in [0.1, 0.15) is 32.6 Å². The molecule has 0 amide bonds. The molecule has 9 nitrogen and oxygen atoms in total. The van der Waals surface area contributed by atoms with Crippen molar-refractivity contribution in [1.29, 1.82) is 0 Å². The minimum absolute atomic E-state index is 0.0400. The van der Waals surface area contributed by atoms with Gasteiger partial charge in [0.2, 0.25) is 0 Å². The lowest BCUT2D eigenvalue weighted by Gasteiger charge is -2.10. The van der Waals surface area contributed by atoms with E-state index in [9.17, 15) is 18.0 Å². The Morgan fingerprint density at radius 2 is 1.62 bits per heavy atom. The molecule has 0 saturated carbocycles. The quantitative estimate of drug-likeness (QED) is 0.277. The smallest absolute Gasteiger partial charge is 0.317 e. The van der Waals surface area contributed by atoms with Crippen molar-refractivity contribution in [3.05, 3.63) is 0 Å². The Morgan fingerprint density at radius 1 is 1.14 bits per heavy atom. The number of carboxylic acid groups (broad SMARTS) is 2. The van der Waals surface area contributed by atoms with Gasteiger partial charge in [-0.3, -0.25) is 14.1 Å². The van der Waals surface area contributed by atoms with Gasteiger partial charge in [0.1, 0.15) is 0 Å². The summed E-state index contributed by atoms with van der Waals surface area (Å²) < 4.78 is 27.1. The van der Waals surface area contributed by atoms with Gasteiger partial charge in [0, 0.05) is 6.04 Å². The van der Waals surface area contributed by atoms with E-state index in [2.05, 4.69) is 0 Å². The summed E-state index contributed by atoms with van der Waals surface area (Å²) in [6.07, 6.45) is 2.19. The average Bonchev–Trinajstić information content (AvgIpc) is 2.32. The highest BCUT2D eigenvalue weighted by atomic mass is 32.2. The van der Waals surface area contributed by atoms with Crippen LogP contribution < -0.4 is 5.73 Å². The van der Waals surface area contributed by atoms with E-state index < -0.39 is 40.3 Å². The van der Waals surface area contributed by atoms with Gasteiger partial charge in [-0.25, -0.2) is 0 Å². The summed E-state index contributed by atoms with van der Waals surface area (Å²) in [4.78, 5) is 20.9. The molecule has 0 radical (unpaired) electrons. The molecule has 0 rings (SSSR count). The molecule has 126 valence electrons. The van der Waals surface area contributed by atoms with Crippen LogP contribution in [0.2, 0.25) is 0 Å². The molecule has 10 heteroatoms. The first-order chi connectivity index (χ1) is 9.55. The van der Waals surface area contributed by atoms with Crippen molar-refractivity contribution < 1.29 is 37.9 Å². The Bertz CT molecular complexity index is 394. The molecule has 0 bridgehead atoms. The van der Waals surface area contributed by atoms with Crippen LogP contribution in [0.15, 0.2) is 0 Å². The number of aliphatic hydroxyl groups is 1. The number of rotatable bonds is 9. The van der Waals surface area contributed by atoms with Gasteiger partial charge >= 0.3 is 11.9 Å². The van der Waals surface area contributed by atoms with Crippen molar-refractivity contribution in [2.24, 2.45) is 11.7 Å². The van der Waals surface area contributed by atoms with Crippen LogP contribution in [0.5, 0.6) is 0 Å². The number of carbonyl (C=O) groups is 2. The van der Waals surface area contributed by atoms with Crippen LogP contribution in [0.25, 0.3) is 0 Å². The Morgan fingerprint density at radius 3 is 1.86 bits per heavy atom. The third kappa shape index (κ3) is 15.0. The maximum Gasteiger partial charge on any atom is 0.317 e. The van der Waals surface area contributed by atoms with Crippen molar-refractivity contribution in [1.82, 2.24) is 0 Å². The maximum atomic E-state index is 10.5. The molecule has 0 aromatic carbocycles. The number of hydrogen-bond donors (Lipinski definition) is 5. The van der Waals surface area contributed by atoms with Crippen LogP contribution in [-0.2, 0) is 19.7 Å². The van der Waals surface area contributed by atoms with Crippen molar-refractivity contribution in [2.75, 3.05) is 12.4 Å². The SMILES string of the molecule is CCC(N)CCCC(C(=O)O)C(=O)O.O=S(=O)(O)CCO.